The molecule has 2 aromatic rings. The lowest BCUT2D eigenvalue weighted by molar-refractivity contribution is -0.119. The fourth-order valence-electron chi connectivity index (χ4n) is 2.41. The second-order valence-corrected chi connectivity index (χ2v) is 8.27. The number of hydrogen-bond donors (Lipinski definition) is 1. The van der Waals surface area contributed by atoms with Gasteiger partial charge in [0.1, 0.15) is 5.75 Å². The average molecular weight is 389 g/mol. The Hall–Kier alpha value is -2.12. The van der Waals surface area contributed by atoms with Crippen molar-refractivity contribution in [3.05, 3.63) is 59.7 Å². The largest absolute Gasteiger partial charge is 0.497 e. The van der Waals surface area contributed by atoms with Crippen molar-refractivity contribution in [1.29, 1.82) is 0 Å². The number of hydrogen-bond acceptors (Lipinski definition) is 6. The number of carbonyl (C=O) groups is 2. The van der Waals surface area contributed by atoms with Crippen LogP contribution in [-0.2, 0) is 9.53 Å². The van der Waals surface area contributed by atoms with Gasteiger partial charge in [0.2, 0.25) is 0 Å². The molecule has 1 amide bonds. The summed E-state index contributed by atoms with van der Waals surface area (Å²) in [6, 6.07) is 14.3. The quantitative estimate of drug-likeness (QED) is 0.754. The molecular weight excluding hydrogens is 370 g/mol. The Labute approximate surface area is 160 Å². The van der Waals surface area contributed by atoms with E-state index >= 15 is 0 Å². The Morgan fingerprint density at radius 3 is 2.31 bits per heavy atom. The monoisotopic (exact) mass is 389 g/mol. The lowest BCUT2D eigenvalue weighted by Crippen LogP contribution is -2.20. The van der Waals surface area contributed by atoms with Gasteiger partial charge >= 0.3 is 5.97 Å². The molecule has 136 valence electrons. The van der Waals surface area contributed by atoms with E-state index < -0.39 is 5.97 Å². The number of thioether (sulfide) groups is 2. The van der Waals surface area contributed by atoms with E-state index in [1.165, 1.54) is 5.56 Å². The Kier molecular flexibility index (Phi) is 6.46. The second-order valence-electron chi connectivity index (χ2n) is 5.55. The standard InChI is InChI=1S/C19H19NO4S2/c1-23-16-8-6-15(7-9-16)20-17(21)12-24-18(22)13-2-4-14(5-3-13)19-25-10-11-26-19/h2-9,19H,10-12H2,1H3,(H,20,21). The Balaban J connectivity index is 1.48. The minimum absolute atomic E-state index is 0.332. The minimum atomic E-state index is -0.506. The molecule has 0 saturated carbocycles. The zero-order valence-electron chi connectivity index (χ0n) is 14.3. The first kappa shape index (κ1) is 18.7. The number of nitrogens with one attached hydrogen (secondary N) is 1. The molecule has 0 aromatic heterocycles. The molecule has 5 nitrogen and oxygen atoms in total. The van der Waals surface area contributed by atoms with Crippen molar-refractivity contribution in [3.8, 4) is 5.75 Å². The first-order valence-electron chi connectivity index (χ1n) is 8.10. The van der Waals surface area contributed by atoms with Gasteiger partial charge in [0, 0.05) is 17.2 Å². The summed E-state index contributed by atoms with van der Waals surface area (Å²) in [5.41, 5.74) is 2.26. The van der Waals surface area contributed by atoms with Gasteiger partial charge < -0.3 is 14.8 Å². The molecule has 1 N–H and O–H groups in total. The van der Waals surface area contributed by atoms with E-state index in [4.69, 9.17) is 9.47 Å². The van der Waals surface area contributed by atoms with E-state index in [0.29, 0.717) is 21.6 Å². The summed E-state index contributed by atoms with van der Waals surface area (Å²) in [4.78, 5) is 24.0. The van der Waals surface area contributed by atoms with Crippen LogP contribution in [0.4, 0.5) is 5.69 Å². The van der Waals surface area contributed by atoms with Crippen LogP contribution >= 0.6 is 23.5 Å². The topological polar surface area (TPSA) is 64.6 Å². The van der Waals surface area contributed by atoms with Crippen molar-refractivity contribution in [1.82, 2.24) is 0 Å². The first-order chi connectivity index (χ1) is 12.7. The SMILES string of the molecule is COc1ccc(NC(=O)COC(=O)c2ccc(C3SCCS3)cc2)cc1. The molecule has 3 rings (SSSR count). The van der Waals surface area contributed by atoms with Crippen LogP contribution in [0.2, 0.25) is 0 Å². The van der Waals surface area contributed by atoms with E-state index in [1.807, 2.05) is 35.7 Å². The van der Waals surface area contributed by atoms with Gasteiger partial charge in [-0.25, -0.2) is 4.79 Å². The summed E-state index contributed by atoms with van der Waals surface area (Å²) in [6.45, 7) is -0.332. The van der Waals surface area contributed by atoms with E-state index in [0.717, 1.165) is 11.5 Å². The molecule has 26 heavy (non-hydrogen) atoms. The number of esters is 1. The van der Waals surface area contributed by atoms with Crippen LogP contribution < -0.4 is 10.1 Å². The van der Waals surface area contributed by atoms with Gasteiger partial charge in [0.05, 0.1) is 17.3 Å². The molecule has 0 spiro atoms. The Bertz CT molecular complexity index is 756. The molecule has 2 aromatic carbocycles. The van der Waals surface area contributed by atoms with Gasteiger partial charge in [-0.15, -0.1) is 23.5 Å². The number of rotatable bonds is 6. The summed E-state index contributed by atoms with van der Waals surface area (Å²) in [6.07, 6.45) is 0. The summed E-state index contributed by atoms with van der Waals surface area (Å²) in [7, 11) is 1.57. The third-order valence-electron chi connectivity index (χ3n) is 3.75. The van der Waals surface area contributed by atoms with Crippen LogP contribution in [0.25, 0.3) is 0 Å². The van der Waals surface area contributed by atoms with Crippen molar-refractivity contribution in [2.24, 2.45) is 0 Å². The van der Waals surface area contributed by atoms with Crippen molar-refractivity contribution in [2.75, 3.05) is 30.5 Å². The second kappa shape index (κ2) is 9.00. The van der Waals surface area contributed by atoms with E-state index in [1.54, 1.807) is 43.5 Å². The van der Waals surface area contributed by atoms with Gasteiger partial charge in [-0.1, -0.05) is 12.1 Å². The maximum absolute atomic E-state index is 12.1. The fourth-order valence-corrected chi connectivity index (χ4v) is 5.27. The highest BCUT2D eigenvalue weighted by Crippen LogP contribution is 2.45. The summed E-state index contributed by atoms with van der Waals surface area (Å²) < 4.78 is 10.6. The van der Waals surface area contributed by atoms with Crippen LogP contribution in [0, 0.1) is 0 Å². The molecule has 1 aliphatic heterocycles. The van der Waals surface area contributed by atoms with E-state index in [9.17, 15) is 9.59 Å². The van der Waals surface area contributed by atoms with Gasteiger partial charge in [-0.05, 0) is 42.0 Å². The highest BCUT2D eigenvalue weighted by atomic mass is 32.2. The highest BCUT2D eigenvalue weighted by Gasteiger charge is 2.18. The molecule has 7 heteroatoms. The van der Waals surface area contributed by atoms with Crippen molar-refractivity contribution in [3.63, 3.8) is 0 Å². The molecule has 1 heterocycles. The van der Waals surface area contributed by atoms with Gasteiger partial charge in [-0.2, -0.15) is 0 Å². The van der Waals surface area contributed by atoms with Crippen molar-refractivity contribution >= 4 is 41.1 Å². The summed E-state index contributed by atoms with van der Waals surface area (Å²) in [5.74, 6) is 2.12. The zero-order chi connectivity index (χ0) is 18.4. The molecule has 1 fully saturated rings. The molecule has 1 aliphatic rings. The van der Waals surface area contributed by atoms with Crippen LogP contribution in [0.15, 0.2) is 48.5 Å². The van der Waals surface area contributed by atoms with Crippen molar-refractivity contribution in [2.45, 2.75) is 4.58 Å². The molecule has 0 aliphatic carbocycles. The molecule has 0 radical (unpaired) electrons. The lowest BCUT2D eigenvalue weighted by Gasteiger charge is -2.10. The smallest absolute Gasteiger partial charge is 0.338 e. The van der Waals surface area contributed by atoms with Gasteiger partial charge in [0.25, 0.3) is 5.91 Å². The van der Waals surface area contributed by atoms with E-state index in [2.05, 4.69) is 5.32 Å². The molecule has 0 atom stereocenters. The van der Waals surface area contributed by atoms with Crippen LogP contribution in [0.5, 0.6) is 5.75 Å². The number of amides is 1. The first-order valence-corrected chi connectivity index (χ1v) is 10.2. The summed E-state index contributed by atoms with van der Waals surface area (Å²) >= 11 is 3.83. The molecular formula is C19H19NO4S2. The summed E-state index contributed by atoms with van der Waals surface area (Å²) in [5, 5.41) is 2.67. The number of benzene rings is 2. The lowest BCUT2D eigenvalue weighted by atomic mass is 10.1. The van der Waals surface area contributed by atoms with Gasteiger partial charge in [-0.3, -0.25) is 4.79 Å². The predicted octanol–water partition coefficient (Wildman–Crippen LogP) is 3.97. The third-order valence-corrected chi connectivity index (χ3v) is 6.85. The van der Waals surface area contributed by atoms with Gasteiger partial charge in [0.15, 0.2) is 6.61 Å². The number of ether oxygens (including phenoxy) is 2. The molecule has 0 bridgehead atoms. The normalized spacial score (nSPS) is 14.0. The Morgan fingerprint density at radius 1 is 1.04 bits per heavy atom. The number of methoxy groups -OCH3 is 1. The zero-order valence-corrected chi connectivity index (χ0v) is 15.9. The minimum Gasteiger partial charge on any atom is -0.497 e. The van der Waals surface area contributed by atoms with Crippen LogP contribution in [0.1, 0.15) is 20.5 Å². The number of carbonyl (C=O) groups excluding carboxylic acids is 2. The fraction of sp³-hybridized carbons (Fsp3) is 0.263. The maximum Gasteiger partial charge on any atom is 0.338 e. The Morgan fingerprint density at radius 2 is 1.69 bits per heavy atom. The average Bonchev–Trinajstić information content (AvgIpc) is 3.21. The molecule has 1 saturated heterocycles. The van der Waals surface area contributed by atoms with Crippen molar-refractivity contribution < 1.29 is 19.1 Å². The van der Waals surface area contributed by atoms with Crippen LogP contribution in [0.3, 0.4) is 0 Å². The molecule has 0 unspecified atom stereocenters. The number of anilines is 1. The third kappa shape index (κ3) is 4.95. The van der Waals surface area contributed by atoms with E-state index in [-0.39, 0.29) is 12.5 Å². The van der Waals surface area contributed by atoms with Crippen LogP contribution in [-0.4, -0.2) is 37.1 Å². The highest BCUT2D eigenvalue weighted by molar-refractivity contribution is 8.19. The maximum atomic E-state index is 12.1. The predicted molar refractivity (Wildman–Crippen MR) is 106 cm³/mol.